The van der Waals surface area contributed by atoms with Gasteiger partial charge < -0.3 is 0 Å². The SMILES string of the molecule is CC(C)C1CC(NI)N(NI)C1. The molecule has 2 N–H and O–H groups in total. The van der Waals surface area contributed by atoms with Crippen LogP contribution >= 0.6 is 45.7 Å². The van der Waals surface area contributed by atoms with Crippen molar-refractivity contribution >= 4 is 45.7 Å². The number of nitrogens with zero attached hydrogens (tertiary/aromatic N) is 1. The molecule has 12 heavy (non-hydrogen) atoms. The van der Waals surface area contributed by atoms with Crippen molar-refractivity contribution in [2.75, 3.05) is 6.54 Å². The van der Waals surface area contributed by atoms with E-state index in [-0.39, 0.29) is 0 Å². The molecule has 0 aromatic rings. The first-order valence-electron chi connectivity index (χ1n) is 4.18. The van der Waals surface area contributed by atoms with Crippen molar-refractivity contribution in [2.24, 2.45) is 11.8 Å². The lowest BCUT2D eigenvalue weighted by atomic mass is 9.95. The minimum Gasteiger partial charge on any atom is -0.243 e. The molecule has 0 bridgehead atoms. The molecule has 0 amide bonds. The lowest BCUT2D eigenvalue weighted by Crippen LogP contribution is -2.41. The zero-order valence-electron chi connectivity index (χ0n) is 7.35. The number of nitrogens with one attached hydrogen (secondary N) is 2. The topological polar surface area (TPSA) is 27.3 Å². The molecular weight excluding hydrogens is 380 g/mol. The summed E-state index contributed by atoms with van der Waals surface area (Å²) in [6, 6.07) is 0. The van der Waals surface area contributed by atoms with Gasteiger partial charge in [-0.1, -0.05) is 13.8 Å². The van der Waals surface area contributed by atoms with Crippen LogP contribution in [0, 0.1) is 11.8 Å². The van der Waals surface area contributed by atoms with Crippen LogP contribution in [-0.2, 0) is 0 Å². The van der Waals surface area contributed by atoms with Crippen molar-refractivity contribution in [3.05, 3.63) is 0 Å². The number of hydrogen-bond donors (Lipinski definition) is 2. The van der Waals surface area contributed by atoms with E-state index in [1.54, 1.807) is 0 Å². The normalized spacial score (nSPS) is 31.8. The van der Waals surface area contributed by atoms with E-state index in [1.165, 1.54) is 6.42 Å². The van der Waals surface area contributed by atoms with Gasteiger partial charge in [0.1, 0.15) is 0 Å². The lowest BCUT2D eigenvalue weighted by molar-refractivity contribution is 0.230. The van der Waals surface area contributed by atoms with Crippen LogP contribution in [0.15, 0.2) is 0 Å². The molecule has 1 saturated heterocycles. The average molecular weight is 395 g/mol. The fourth-order valence-electron chi connectivity index (χ4n) is 1.55. The quantitative estimate of drug-likeness (QED) is 0.567. The lowest BCUT2D eigenvalue weighted by Gasteiger charge is -2.19. The summed E-state index contributed by atoms with van der Waals surface area (Å²) in [5, 5.41) is 2.26. The second kappa shape index (κ2) is 5.28. The van der Waals surface area contributed by atoms with Gasteiger partial charge in [-0.2, -0.15) is 3.64 Å². The van der Waals surface area contributed by atoms with Gasteiger partial charge in [0.2, 0.25) is 0 Å². The van der Waals surface area contributed by atoms with E-state index in [0.29, 0.717) is 6.17 Å². The third-order valence-electron chi connectivity index (χ3n) is 2.51. The molecule has 2 unspecified atom stereocenters. The molecule has 0 radical (unpaired) electrons. The van der Waals surface area contributed by atoms with Crippen molar-refractivity contribution in [3.63, 3.8) is 0 Å². The van der Waals surface area contributed by atoms with Crippen LogP contribution in [0.2, 0.25) is 0 Å². The highest BCUT2D eigenvalue weighted by Crippen LogP contribution is 2.26. The molecule has 0 saturated carbocycles. The predicted molar refractivity (Wildman–Crippen MR) is 67.8 cm³/mol. The van der Waals surface area contributed by atoms with Crippen LogP contribution in [0.25, 0.3) is 0 Å². The van der Waals surface area contributed by atoms with Gasteiger partial charge in [-0.25, -0.2) is 8.54 Å². The van der Waals surface area contributed by atoms with Gasteiger partial charge in [0.25, 0.3) is 0 Å². The minimum absolute atomic E-state index is 0.495. The molecule has 1 rings (SSSR count). The van der Waals surface area contributed by atoms with Crippen LogP contribution in [0.4, 0.5) is 0 Å². The summed E-state index contributed by atoms with van der Waals surface area (Å²) >= 11 is 4.42. The number of rotatable bonds is 3. The summed E-state index contributed by atoms with van der Waals surface area (Å²) in [7, 11) is 0. The molecule has 1 aliphatic heterocycles. The Kier molecular flexibility index (Phi) is 5.02. The molecule has 5 heteroatoms. The van der Waals surface area contributed by atoms with Gasteiger partial charge in [0.15, 0.2) is 0 Å². The number of hydrazine groups is 1. The predicted octanol–water partition coefficient (Wildman–Crippen LogP) is 2.08. The summed E-state index contributed by atoms with van der Waals surface area (Å²) in [5.41, 5.74) is 0. The monoisotopic (exact) mass is 395 g/mol. The molecule has 1 aliphatic rings. The highest BCUT2D eigenvalue weighted by atomic mass is 127. The molecule has 0 aliphatic carbocycles. The highest BCUT2D eigenvalue weighted by Gasteiger charge is 2.32. The van der Waals surface area contributed by atoms with Crippen LogP contribution in [0.3, 0.4) is 0 Å². The minimum atomic E-state index is 0.495. The third-order valence-corrected chi connectivity index (χ3v) is 3.85. The van der Waals surface area contributed by atoms with Crippen molar-refractivity contribution in [2.45, 2.75) is 26.4 Å². The molecular formula is C7H15I2N3. The van der Waals surface area contributed by atoms with Crippen LogP contribution in [0.5, 0.6) is 0 Å². The van der Waals surface area contributed by atoms with E-state index in [2.05, 4.69) is 71.8 Å². The van der Waals surface area contributed by atoms with E-state index < -0.39 is 0 Å². The zero-order valence-corrected chi connectivity index (χ0v) is 11.7. The summed E-state index contributed by atoms with van der Waals surface area (Å²) in [5.74, 6) is 1.60. The van der Waals surface area contributed by atoms with E-state index in [9.17, 15) is 0 Å². The zero-order chi connectivity index (χ0) is 9.14. The van der Waals surface area contributed by atoms with Gasteiger partial charge >= 0.3 is 0 Å². The maximum Gasteiger partial charge on any atom is 0.0828 e. The molecule has 0 aromatic carbocycles. The average Bonchev–Trinajstić information content (AvgIpc) is 2.46. The molecule has 2 atom stereocenters. The van der Waals surface area contributed by atoms with Crippen molar-refractivity contribution in [3.8, 4) is 0 Å². The molecule has 72 valence electrons. The number of halogens is 2. The maximum absolute atomic E-state index is 3.28. The summed E-state index contributed by atoms with van der Waals surface area (Å²) in [6.07, 6.45) is 1.74. The maximum atomic E-state index is 3.28. The Balaban J connectivity index is 2.47. The van der Waals surface area contributed by atoms with E-state index in [0.717, 1.165) is 18.4 Å². The second-order valence-electron chi connectivity index (χ2n) is 3.60. The van der Waals surface area contributed by atoms with Crippen molar-refractivity contribution < 1.29 is 0 Å². The first kappa shape index (κ1) is 11.4. The molecule has 0 spiro atoms. The van der Waals surface area contributed by atoms with Crippen LogP contribution in [-0.4, -0.2) is 17.7 Å². The van der Waals surface area contributed by atoms with Gasteiger partial charge in [0.05, 0.1) is 6.17 Å². The van der Waals surface area contributed by atoms with Gasteiger partial charge in [-0.05, 0) is 18.3 Å². The fourth-order valence-corrected chi connectivity index (χ4v) is 2.67. The van der Waals surface area contributed by atoms with Crippen LogP contribution in [0.1, 0.15) is 20.3 Å². The Labute approximate surface area is 102 Å². The first-order chi connectivity index (χ1) is 5.69. The van der Waals surface area contributed by atoms with E-state index >= 15 is 0 Å². The van der Waals surface area contributed by atoms with E-state index in [1.807, 2.05) is 0 Å². The van der Waals surface area contributed by atoms with Crippen molar-refractivity contribution in [1.82, 2.24) is 12.2 Å². The van der Waals surface area contributed by atoms with Gasteiger partial charge in [0, 0.05) is 52.3 Å². The molecule has 0 aromatic heterocycles. The second-order valence-corrected chi connectivity index (χ2v) is 4.71. The Bertz CT molecular complexity index is 131. The largest absolute Gasteiger partial charge is 0.243 e. The summed E-state index contributed by atoms with van der Waals surface area (Å²) in [6.45, 7) is 5.75. The Morgan fingerprint density at radius 2 is 2.08 bits per heavy atom. The van der Waals surface area contributed by atoms with E-state index in [4.69, 9.17) is 0 Å². The Morgan fingerprint density at radius 1 is 1.42 bits per heavy atom. The highest BCUT2D eigenvalue weighted by molar-refractivity contribution is 14.1. The first-order valence-corrected chi connectivity index (χ1v) is 6.33. The summed E-state index contributed by atoms with van der Waals surface area (Å²) in [4.78, 5) is 0. The van der Waals surface area contributed by atoms with Crippen molar-refractivity contribution in [1.29, 1.82) is 0 Å². The smallest absolute Gasteiger partial charge is 0.0828 e. The van der Waals surface area contributed by atoms with Gasteiger partial charge in [-0.15, -0.1) is 0 Å². The van der Waals surface area contributed by atoms with Crippen LogP contribution < -0.4 is 7.17 Å². The Hall–Kier alpha value is 1.34. The molecule has 1 heterocycles. The third kappa shape index (κ3) is 2.66. The number of hydrogen-bond acceptors (Lipinski definition) is 3. The molecule has 1 fully saturated rings. The molecule has 3 nitrogen and oxygen atoms in total. The Morgan fingerprint density at radius 3 is 2.42 bits per heavy atom. The standard InChI is InChI=1S/C7H15I2N3/c1-5(2)6-3-7(10-8)12(4-6)11-9/h5-7,10-11H,3-4H2,1-2H3. The summed E-state index contributed by atoms with van der Waals surface area (Å²) < 4.78 is 6.46. The fraction of sp³-hybridized carbons (Fsp3) is 1.00. The van der Waals surface area contributed by atoms with Gasteiger partial charge in [-0.3, -0.25) is 0 Å².